The van der Waals surface area contributed by atoms with Gasteiger partial charge in [-0.3, -0.25) is 4.90 Å². The minimum Gasteiger partial charge on any atom is -0.493 e. The molecule has 0 bridgehead atoms. The monoisotopic (exact) mass is 362 g/mol. The van der Waals surface area contributed by atoms with Crippen LogP contribution in [0.1, 0.15) is 37.8 Å². The van der Waals surface area contributed by atoms with Gasteiger partial charge in [-0.25, -0.2) is 0 Å². The first-order valence-electron chi connectivity index (χ1n) is 9.37. The zero-order chi connectivity index (χ0) is 19.2. The molecule has 0 amide bonds. The van der Waals surface area contributed by atoms with Crippen molar-refractivity contribution in [1.82, 2.24) is 4.90 Å². The fraction of sp³-hybridized carbons (Fsp3) is 0.571. The van der Waals surface area contributed by atoms with Crippen LogP contribution in [0, 0.1) is 13.8 Å². The van der Waals surface area contributed by atoms with Crippen LogP contribution >= 0.6 is 0 Å². The molecule has 0 fully saturated rings. The van der Waals surface area contributed by atoms with Crippen molar-refractivity contribution in [2.45, 2.75) is 40.5 Å². The summed E-state index contributed by atoms with van der Waals surface area (Å²) in [7, 11) is 1.56. The van der Waals surface area contributed by atoms with Crippen LogP contribution in [0.5, 0.6) is 11.5 Å². The van der Waals surface area contributed by atoms with Crippen molar-refractivity contribution in [2.24, 2.45) is 5.16 Å². The van der Waals surface area contributed by atoms with Crippen LogP contribution in [0.3, 0.4) is 0 Å². The van der Waals surface area contributed by atoms with Crippen molar-refractivity contribution in [2.75, 3.05) is 40.0 Å². The predicted molar refractivity (Wildman–Crippen MR) is 109 cm³/mol. The zero-order valence-corrected chi connectivity index (χ0v) is 17.0. The number of oxime groups is 1. The summed E-state index contributed by atoms with van der Waals surface area (Å²) in [5.41, 5.74) is 2.23. The summed E-state index contributed by atoms with van der Waals surface area (Å²) < 4.78 is 11.7. The Morgan fingerprint density at radius 1 is 1.12 bits per heavy atom. The van der Waals surface area contributed by atoms with Crippen molar-refractivity contribution in [3.63, 3.8) is 0 Å². The van der Waals surface area contributed by atoms with Crippen LogP contribution in [0.25, 0.3) is 0 Å². The molecular formula is C21H34N2O3. The van der Waals surface area contributed by atoms with Gasteiger partial charge in [-0.05, 0) is 70.0 Å². The van der Waals surface area contributed by atoms with Crippen molar-refractivity contribution in [3.05, 3.63) is 35.4 Å². The standard InChI is InChI=1S/C21H34N2O3/c1-6-8-14-25-20-16-18(3)21(19(4)17-20)26-15-10-9-12-23(7-2)13-11-22-24-5/h6,8,11,16-17H,7,9-10,12-15H2,1-5H3/b8-6+,22-11+. The third-order valence-electron chi connectivity index (χ3n) is 4.10. The van der Waals surface area contributed by atoms with Gasteiger partial charge in [0, 0.05) is 6.54 Å². The quantitative estimate of drug-likeness (QED) is 0.226. The number of allylic oxidation sites excluding steroid dienone is 1. The molecule has 0 saturated heterocycles. The first kappa shape index (κ1) is 22.0. The van der Waals surface area contributed by atoms with E-state index in [0.717, 1.165) is 61.7 Å². The van der Waals surface area contributed by atoms with Crippen LogP contribution < -0.4 is 9.47 Å². The molecule has 0 N–H and O–H groups in total. The second-order valence-corrected chi connectivity index (χ2v) is 6.19. The van der Waals surface area contributed by atoms with Gasteiger partial charge in [0.05, 0.1) is 12.8 Å². The summed E-state index contributed by atoms with van der Waals surface area (Å²) in [6.45, 7) is 12.5. The summed E-state index contributed by atoms with van der Waals surface area (Å²) in [6.07, 6.45) is 7.90. The lowest BCUT2D eigenvalue weighted by Crippen LogP contribution is -2.26. The fourth-order valence-electron chi connectivity index (χ4n) is 2.68. The van der Waals surface area contributed by atoms with Crippen LogP contribution in [0.15, 0.2) is 29.4 Å². The number of hydrogen-bond acceptors (Lipinski definition) is 5. The van der Waals surface area contributed by atoms with E-state index in [-0.39, 0.29) is 0 Å². The Morgan fingerprint density at radius 2 is 1.85 bits per heavy atom. The Labute approximate surface area is 158 Å². The summed E-state index contributed by atoms with van der Waals surface area (Å²) >= 11 is 0. The van der Waals surface area contributed by atoms with Crippen molar-refractivity contribution >= 4 is 6.21 Å². The van der Waals surface area contributed by atoms with E-state index in [9.17, 15) is 0 Å². The highest BCUT2D eigenvalue weighted by molar-refractivity contribution is 5.58. The van der Waals surface area contributed by atoms with E-state index < -0.39 is 0 Å². The molecule has 0 aliphatic carbocycles. The molecule has 0 aliphatic rings. The van der Waals surface area contributed by atoms with E-state index in [0.29, 0.717) is 6.61 Å². The Bertz CT molecular complexity index is 547. The average Bonchev–Trinajstić information content (AvgIpc) is 2.62. The van der Waals surface area contributed by atoms with Crippen LogP contribution in [-0.4, -0.2) is 51.1 Å². The van der Waals surface area contributed by atoms with E-state index in [1.165, 1.54) is 0 Å². The highest BCUT2D eigenvalue weighted by Gasteiger charge is 2.07. The molecule has 5 nitrogen and oxygen atoms in total. The Balaban J connectivity index is 2.39. The van der Waals surface area contributed by atoms with Crippen molar-refractivity contribution in [1.29, 1.82) is 0 Å². The molecule has 0 unspecified atom stereocenters. The lowest BCUT2D eigenvalue weighted by atomic mass is 10.1. The van der Waals surface area contributed by atoms with Gasteiger partial charge in [0.1, 0.15) is 25.2 Å². The smallest absolute Gasteiger partial charge is 0.125 e. The number of rotatable bonds is 13. The minimum atomic E-state index is 0.596. The molecule has 0 atom stereocenters. The molecular weight excluding hydrogens is 328 g/mol. The number of ether oxygens (including phenoxy) is 2. The second-order valence-electron chi connectivity index (χ2n) is 6.19. The molecule has 5 heteroatoms. The molecule has 146 valence electrons. The molecule has 1 aromatic rings. The lowest BCUT2D eigenvalue weighted by molar-refractivity contribution is 0.212. The molecule has 0 aliphatic heterocycles. The van der Waals surface area contributed by atoms with Gasteiger partial charge in [-0.15, -0.1) is 0 Å². The van der Waals surface area contributed by atoms with Crippen molar-refractivity contribution in [3.8, 4) is 11.5 Å². The number of nitrogens with zero attached hydrogens (tertiary/aromatic N) is 2. The third kappa shape index (κ3) is 8.39. The summed E-state index contributed by atoms with van der Waals surface area (Å²) in [5, 5.41) is 3.79. The normalized spacial score (nSPS) is 11.6. The summed E-state index contributed by atoms with van der Waals surface area (Å²) in [4.78, 5) is 7.03. The third-order valence-corrected chi connectivity index (χ3v) is 4.10. The molecule has 0 radical (unpaired) electrons. The molecule has 1 rings (SSSR count). The van der Waals surface area contributed by atoms with Gasteiger partial charge in [0.2, 0.25) is 0 Å². The highest BCUT2D eigenvalue weighted by Crippen LogP contribution is 2.28. The van der Waals surface area contributed by atoms with E-state index in [1.54, 1.807) is 13.3 Å². The summed E-state index contributed by atoms with van der Waals surface area (Å²) in [5.74, 6) is 1.87. The average molecular weight is 363 g/mol. The topological polar surface area (TPSA) is 43.3 Å². The van der Waals surface area contributed by atoms with Gasteiger partial charge in [0.25, 0.3) is 0 Å². The molecule has 0 heterocycles. The summed E-state index contributed by atoms with van der Waals surface area (Å²) in [6, 6.07) is 4.08. The first-order valence-corrected chi connectivity index (χ1v) is 9.37. The predicted octanol–water partition coefficient (Wildman–Crippen LogP) is 4.37. The number of hydrogen-bond donors (Lipinski definition) is 0. The Hall–Kier alpha value is -2.01. The highest BCUT2D eigenvalue weighted by atomic mass is 16.6. The maximum Gasteiger partial charge on any atom is 0.125 e. The van der Waals surface area contributed by atoms with Gasteiger partial charge in [0.15, 0.2) is 0 Å². The fourth-order valence-corrected chi connectivity index (χ4v) is 2.68. The van der Waals surface area contributed by atoms with Gasteiger partial charge >= 0.3 is 0 Å². The largest absolute Gasteiger partial charge is 0.493 e. The van der Waals surface area contributed by atoms with Crippen molar-refractivity contribution < 1.29 is 14.3 Å². The molecule has 1 aromatic carbocycles. The SMILES string of the molecule is C/C=C/COc1cc(C)c(OCCCCN(CC)C/C=N/OC)c(C)c1. The number of unbranched alkanes of at least 4 members (excludes halogenated alkanes) is 1. The number of benzene rings is 1. The maximum absolute atomic E-state index is 6.03. The molecule has 0 aromatic heterocycles. The van der Waals surface area contributed by atoms with Gasteiger partial charge in [-0.2, -0.15) is 0 Å². The van der Waals surface area contributed by atoms with E-state index in [1.807, 2.05) is 31.2 Å². The van der Waals surface area contributed by atoms with Gasteiger partial charge in [-0.1, -0.05) is 24.2 Å². The van der Waals surface area contributed by atoms with E-state index >= 15 is 0 Å². The molecule has 0 saturated carbocycles. The van der Waals surface area contributed by atoms with E-state index in [2.05, 4.69) is 30.8 Å². The zero-order valence-electron chi connectivity index (χ0n) is 17.0. The minimum absolute atomic E-state index is 0.596. The van der Waals surface area contributed by atoms with Gasteiger partial charge < -0.3 is 14.3 Å². The van der Waals surface area contributed by atoms with Crippen LogP contribution in [0.2, 0.25) is 0 Å². The second kappa shape index (κ2) is 13.2. The maximum atomic E-state index is 6.03. The Morgan fingerprint density at radius 3 is 2.46 bits per heavy atom. The molecule has 26 heavy (non-hydrogen) atoms. The number of aryl methyl sites for hydroxylation is 2. The lowest BCUT2D eigenvalue weighted by Gasteiger charge is -2.18. The molecule has 0 spiro atoms. The van der Waals surface area contributed by atoms with Crippen LogP contribution in [-0.2, 0) is 4.84 Å². The van der Waals surface area contributed by atoms with Crippen LogP contribution in [0.4, 0.5) is 0 Å². The first-order chi connectivity index (χ1) is 12.6. The van der Waals surface area contributed by atoms with E-state index in [4.69, 9.17) is 14.3 Å². The Kier molecular flexibility index (Phi) is 11.2.